The minimum atomic E-state index is -0.444. The number of rotatable bonds is 10. The summed E-state index contributed by atoms with van der Waals surface area (Å²) in [5, 5.41) is 15.8. The Bertz CT molecular complexity index is 1440. The smallest absolute Gasteiger partial charge is 0.271 e. The molecule has 192 valence electrons. The minimum Gasteiger partial charge on any atom is -0.489 e. The molecule has 0 unspecified atom stereocenters. The fourth-order valence-electron chi connectivity index (χ4n) is 3.26. The predicted octanol–water partition coefficient (Wildman–Crippen LogP) is 6.82. The quantitative estimate of drug-likeness (QED) is 0.133. The molecule has 0 aliphatic rings. The first-order chi connectivity index (χ1) is 18.4. The van der Waals surface area contributed by atoms with Crippen LogP contribution in [0.2, 0.25) is 10.0 Å². The first-order valence-corrected chi connectivity index (χ1v) is 12.1. The van der Waals surface area contributed by atoms with Gasteiger partial charge in [0.2, 0.25) is 0 Å². The first kappa shape index (κ1) is 26.7. The van der Waals surface area contributed by atoms with Crippen molar-refractivity contribution in [3.05, 3.63) is 133 Å². The van der Waals surface area contributed by atoms with Crippen LogP contribution >= 0.6 is 23.2 Å². The number of nitrogens with one attached hydrogen (secondary N) is 1. The van der Waals surface area contributed by atoms with Crippen LogP contribution in [0.25, 0.3) is 0 Å². The summed E-state index contributed by atoms with van der Waals surface area (Å²) < 4.78 is 11.4. The van der Waals surface area contributed by atoms with Crippen LogP contribution in [0.3, 0.4) is 0 Å². The van der Waals surface area contributed by atoms with E-state index in [2.05, 4.69) is 10.5 Å². The van der Waals surface area contributed by atoms with Gasteiger partial charge in [0, 0.05) is 33.3 Å². The van der Waals surface area contributed by atoms with Gasteiger partial charge in [-0.25, -0.2) is 5.43 Å². The molecule has 4 aromatic carbocycles. The Kier molecular flexibility index (Phi) is 8.92. The summed E-state index contributed by atoms with van der Waals surface area (Å²) in [6, 6.07) is 25.2. The van der Waals surface area contributed by atoms with Gasteiger partial charge in [-0.2, -0.15) is 5.10 Å². The van der Waals surface area contributed by atoms with Crippen molar-refractivity contribution in [2.45, 2.75) is 13.2 Å². The van der Waals surface area contributed by atoms with Gasteiger partial charge in [0.15, 0.2) is 0 Å². The third-order valence-corrected chi connectivity index (χ3v) is 5.93. The van der Waals surface area contributed by atoms with Crippen molar-refractivity contribution in [1.29, 1.82) is 0 Å². The third-order valence-electron chi connectivity index (χ3n) is 5.34. The molecule has 0 aliphatic carbocycles. The summed E-state index contributed by atoms with van der Waals surface area (Å²) in [4.78, 5) is 22.7. The summed E-state index contributed by atoms with van der Waals surface area (Å²) in [5.41, 5.74) is 5.33. The highest BCUT2D eigenvalue weighted by molar-refractivity contribution is 6.35. The molecule has 10 heteroatoms. The Hall–Kier alpha value is -4.40. The van der Waals surface area contributed by atoms with E-state index in [0.29, 0.717) is 27.1 Å². The molecule has 0 aliphatic heterocycles. The van der Waals surface area contributed by atoms with Gasteiger partial charge in [0.25, 0.3) is 11.6 Å². The molecule has 0 atom stereocenters. The Morgan fingerprint density at radius 1 is 0.868 bits per heavy atom. The molecule has 38 heavy (non-hydrogen) atoms. The van der Waals surface area contributed by atoms with Crippen LogP contribution in [-0.2, 0) is 13.2 Å². The number of carbonyl (C=O) groups is 1. The van der Waals surface area contributed by atoms with Gasteiger partial charge in [-0.15, -0.1) is 0 Å². The molecule has 0 heterocycles. The van der Waals surface area contributed by atoms with Crippen molar-refractivity contribution >= 4 is 41.0 Å². The van der Waals surface area contributed by atoms with E-state index in [-0.39, 0.29) is 24.8 Å². The fourth-order valence-corrected chi connectivity index (χ4v) is 3.73. The number of benzene rings is 4. The number of hydrogen-bond acceptors (Lipinski definition) is 6. The van der Waals surface area contributed by atoms with Crippen LogP contribution in [0.1, 0.15) is 27.0 Å². The Morgan fingerprint density at radius 2 is 1.50 bits per heavy atom. The van der Waals surface area contributed by atoms with Gasteiger partial charge < -0.3 is 9.47 Å². The summed E-state index contributed by atoms with van der Waals surface area (Å²) in [5.74, 6) is 0.855. The molecule has 4 rings (SSSR count). The number of nitro benzene ring substituents is 1. The molecule has 0 aromatic heterocycles. The van der Waals surface area contributed by atoms with Crippen molar-refractivity contribution in [3.63, 3.8) is 0 Å². The highest BCUT2D eigenvalue weighted by Gasteiger charge is 2.07. The third kappa shape index (κ3) is 7.55. The average molecular weight is 550 g/mol. The SMILES string of the molecule is O=C(N/N=C\c1ccc(OCc2ccc([N+](=O)[O-])cc2)cc1)c1ccc(OCc2ccc(Cl)cc2Cl)cc1. The second kappa shape index (κ2) is 12.7. The zero-order valence-electron chi connectivity index (χ0n) is 19.8. The Balaban J connectivity index is 1.23. The van der Waals surface area contributed by atoms with Gasteiger partial charge in [-0.3, -0.25) is 14.9 Å². The standard InChI is InChI=1S/C28H21Cl2N3O5/c29-23-8-5-22(27(30)15-23)18-38-26-13-6-21(7-14-26)28(34)32-31-16-19-3-11-25(12-4-19)37-17-20-1-9-24(10-2-20)33(35)36/h1-16H,17-18H2,(H,32,34)/b31-16-. The van der Waals surface area contributed by atoms with E-state index in [0.717, 1.165) is 16.7 Å². The van der Waals surface area contributed by atoms with Gasteiger partial charge in [0.05, 0.1) is 11.1 Å². The van der Waals surface area contributed by atoms with E-state index in [4.69, 9.17) is 32.7 Å². The number of nitro groups is 1. The van der Waals surface area contributed by atoms with Crippen LogP contribution in [0, 0.1) is 10.1 Å². The molecule has 1 N–H and O–H groups in total. The van der Waals surface area contributed by atoms with E-state index in [1.807, 2.05) is 0 Å². The molecule has 0 radical (unpaired) electrons. The number of ether oxygens (including phenoxy) is 2. The Morgan fingerprint density at radius 3 is 2.13 bits per heavy atom. The molecule has 0 saturated heterocycles. The number of halogens is 2. The number of non-ortho nitro benzene ring substituents is 1. The highest BCUT2D eigenvalue weighted by atomic mass is 35.5. The molecular weight excluding hydrogens is 529 g/mol. The van der Waals surface area contributed by atoms with Crippen LogP contribution < -0.4 is 14.9 Å². The fraction of sp³-hybridized carbons (Fsp3) is 0.0714. The van der Waals surface area contributed by atoms with E-state index in [1.54, 1.807) is 78.9 Å². The summed E-state index contributed by atoms with van der Waals surface area (Å²) in [7, 11) is 0. The highest BCUT2D eigenvalue weighted by Crippen LogP contribution is 2.23. The van der Waals surface area contributed by atoms with Crippen LogP contribution in [0.4, 0.5) is 5.69 Å². The average Bonchev–Trinajstić information content (AvgIpc) is 2.92. The zero-order valence-corrected chi connectivity index (χ0v) is 21.4. The van der Waals surface area contributed by atoms with Crippen molar-refractivity contribution in [1.82, 2.24) is 5.43 Å². The lowest BCUT2D eigenvalue weighted by Crippen LogP contribution is -2.17. The van der Waals surface area contributed by atoms with Gasteiger partial charge >= 0.3 is 0 Å². The maximum absolute atomic E-state index is 12.4. The molecule has 8 nitrogen and oxygen atoms in total. The zero-order chi connectivity index (χ0) is 26.9. The normalized spacial score (nSPS) is 10.8. The molecular formula is C28H21Cl2N3O5. The lowest BCUT2D eigenvalue weighted by Gasteiger charge is -2.08. The summed E-state index contributed by atoms with van der Waals surface area (Å²) in [6.07, 6.45) is 1.52. The maximum atomic E-state index is 12.4. The number of hydrazone groups is 1. The van der Waals surface area contributed by atoms with Crippen molar-refractivity contribution in [2.75, 3.05) is 0 Å². The molecule has 0 bridgehead atoms. The second-order valence-corrected chi connectivity index (χ2v) is 8.87. The molecule has 1 amide bonds. The number of carbonyl (C=O) groups excluding carboxylic acids is 1. The van der Waals surface area contributed by atoms with E-state index >= 15 is 0 Å². The lowest BCUT2D eigenvalue weighted by molar-refractivity contribution is -0.384. The lowest BCUT2D eigenvalue weighted by atomic mass is 10.2. The first-order valence-electron chi connectivity index (χ1n) is 11.3. The van der Waals surface area contributed by atoms with Crippen LogP contribution in [0.15, 0.2) is 96.1 Å². The minimum absolute atomic E-state index is 0.0338. The second-order valence-electron chi connectivity index (χ2n) is 8.03. The van der Waals surface area contributed by atoms with Crippen molar-refractivity contribution < 1.29 is 19.2 Å². The predicted molar refractivity (Wildman–Crippen MR) is 146 cm³/mol. The summed E-state index contributed by atoms with van der Waals surface area (Å²) in [6.45, 7) is 0.549. The number of hydrogen-bond donors (Lipinski definition) is 1. The maximum Gasteiger partial charge on any atom is 0.271 e. The topological polar surface area (TPSA) is 103 Å². The van der Waals surface area contributed by atoms with Crippen LogP contribution in [-0.4, -0.2) is 17.0 Å². The van der Waals surface area contributed by atoms with Gasteiger partial charge in [0.1, 0.15) is 24.7 Å². The Labute approximate surface area is 228 Å². The van der Waals surface area contributed by atoms with E-state index in [1.165, 1.54) is 18.3 Å². The number of nitrogens with zero attached hydrogens (tertiary/aromatic N) is 2. The van der Waals surface area contributed by atoms with Crippen molar-refractivity contribution in [2.24, 2.45) is 5.10 Å². The monoisotopic (exact) mass is 549 g/mol. The molecule has 0 fully saturated rings. The van der Waals surface area contributed by atoms with Gasteiger partial charge in [-0.05, 0) is 83.9 Å². The molecule has 4 aromatic rings. The van der Waals surface area contributed by atoms with E-state index < -0.39 is 4.92 Å². The summed E-state index contributed by atoms with van der Waals surface area (Å²) >= 11 is 12.1. The largest absolute Gasteiger partial charge is 0.489 e. The molecule has 0 saturated carbocycles. The van der Waals surface area contributed by atoms with Crippen LogP contribution in [0.5, 0.6) is 11.5 Å². The number of amides is 1. The van der Waals surface area contributed by atoms with E-state index in [9.17, 15) is 14.9 Å². The van der Waals surface area contributed by atoms with Crippen molar-refractivity contribution in [3.8, 4) is 11.5 Å². The van der Waals surface area contributed by atoms with Gasteiger partial charge in [-0.1, -0.05) is 29.3 Å². The molecule has 0 spiro atoms.